The van der Waals surface area contributed by atoms with Gasteiger partial charge in [-0.05, 0) is 99.3 Å². The summed E-state index contributed by atoms with van der Waals surface area (Å²) in [5, 5.41) is 11.5. The summed E-state index contributed by atoms with van der Waals surface area (Å²) in [5.74, 6) is -1.41. The van der Waals surface area contributed by atoms with Crippen molar-refractivity contribution in [3.63, 3.8) is 0 Å². The normalized spacial score (nSPS) is 16.7. The van der Waals surface area contributed by atoms with Gasteiger partial charge in [-0.3, -0.25) is 19.3 Å². The fraction of sp³-hybridized carbons (Fsp3) is 0.258. The summed E-state index contributed by atoms with van der Waals surface area (Å²) in [6, 6.07) is 16.3. The minimum absolute atomic E-state index is 0.0269. The first-order valence-corrected chi connectivity index (χ1v) is 12.4. The van der Waals surface area contributed by atoms with Gasteiger partial charge in [-0.15, -0.1) is 0 Å². The summed E-state index contributed by atoms with van der Waals surface area (Å²) in [6.07, 6.45) is -0.0269. The molecule has 1 aliphatic rings. The molecule has 38 heavy (non-hydrogen) atoms. The molecule has 4 rings (SSSR count). The maximum Gasteiger partial charge on any atom is 0.308 e. The number of anilines is 1. The molecule has 1 saturated heterocycles. The highest BCUT2D eigenvalue weighted by Crippen LogP contribution is 2.43. The second-order valence-corrected chi connectivity index (χ2v) is 9.75. The van der Waals surface area contributed by atoms with Crippen molar-refractivity contribution in [1.82, 2.24) is 0 Å². The van der Waals surface area contributed by atoms with Crippen molar-refractivity contribution in [2.45, 2.75) is 53.7 Å². The van der Waals surface area contributed by atoms with E-state index in [1.165, 1.54) is 11.8 Å². The summed E-state index contributed by atoms with van der Waals surface area (Å²) in [4.78, 5) is 39.9. The number of carbonyl (C=O) groups is 3. The minimum atomic E-state index is -0.945. The van der Waals surface area contributed by atoms with Crippen molar-refractivity contribution < 1.29 is 29.0 Å². The van der Waals surface area contributed by atoms with Gasteiger partial charge in [0.15, 0.2) is 0 Å². The molecule has 1 fully saturated rings. The van der Waals surface area contributed by atoms with Gasteiger partial charge in [-0.1, -0.05) is 18.2 Å². The van der Waals surface area contributed by atoms with Crippen LogP contribution in [0.15, 0.2) is 66.2 Å². The van der Waals surface area contributed by atoms with Gasteiger partial charge >= 0.3 is 5.97 Å². The van der Waals surface area contributed by atoms with Crippen LogP contribution in [0.1, 0.15) is 54.6 Å². The van der Waals surface area contributed by atoms with E-state index < -0.39 is 23.7 Å². The summed E-state index contributed by atoms with van der Waals surface area (Å²) in [7, 11) is 0. The van der Waals surface area contributed by atoms with E-state index in [0.717, 1.165) is 16.7 Å². The van der Waals surface area contributed by atoms with E-state index in [4.69, 9.17) is 9.47 Å². The predicted octanol–water partition coefficient (Wildman–Crippen LogP) is 5.95. The molecule has 1 aliphatic heterocycles. The molecule has 1 heterocycles. The summed E-state index contributed by atoms with van der Waals surface area (Å²) >= 11 is 0. The Kier molecular flexibility index (Phi) is 7.39. The molecule has 1 amide bonds. The van der Waals surface area contributed by atoms with Crippen LogP contribution in [0.25, 0.3) is 5.76 Å². The maximum absolute atomic E-state index is 13.5. The maximum atomic E-state index is 13.5. The number of benzene rings is 3. The third kappa shape index (κ3) is 5.18. The number of Topliss-reactive ketones (excluding diaryl/α,β-unsaturated/α-hetero) is 1. The number of amides is 1. The van der Waals surface area contributed by atoms with Gasteiger partial charge < -0.3 is 14.6 Å². The van der Waals surface area contributed by atoms with Crippen LogP contribution in [0.4, 0.5) is 5.69 Å². The van der Waals surface area contributed by atoms with Crippen LogP contribution in [0.2, 0.25) is 0 Å². The molecule has 0 saturated carbocycles. The molecule has 0 aromatic heterocycles. The van der Waals surface area contributed by atoms with Crippen LogP contribution in [-0.4, -0.2) is 28.9 Å². The Balaban J connectivity index is 1.92. The van der Waals surface area contributed by atoms with Crippen molar-refractivity contribution in [3.8, 4) is 11.5 Å². The van der Waals surface area contributed by atoms with Gasteiger partial charge in [-0.2, -0.15) is 0 Å². The first-order chi connectivity index (χ1) is 18.0. The Hall–Kier alpha value is -4.39. The van der Waals surface area contributed by atoms with E-state index in [0.29, 0.717) is 22.6 Å². The minimum Gasteiger partial charge on any atom is -0.507 e. The highest BCUT2D eigenvalue weighted by atomic mass is 16.5. The molecule has 0 bridgehead atoms. The van der Waals surface area contributed by atoms with E-state index in [9.17, 15) is 19.5 Å². The van der Waals surface area contributed by atoms with Gasteiger partial charge in [0.2, 0.25) is 0 Å². The third-order valence-corrected chi connectivity index (χ3v) is 6.46. The molecule has 3 aromatic carbocycles. The van der Waals surface area contributed by atoms with E-state index in [1.807, 2.05) is 46.8 Å². The molecule has 1 N–H and O–H groups in total. The van der Waals surface area contributed by atoms with E-state index in [1.54, 1.807) is 48.5 Å². The summed E-state index contributed by atoms with van der Waals surface area (Å²) < 4.78 is 11.1. The Bertz CT molecular complexity index is 1470. The molecule has 3 aromatic rings. The van der Waals surface area contributed by atoms with Crippen LogP contribution in [-0.2, 0) is 14.4 Å². The average Bonchev–Trinajstić information content (AvgIpc) is 3.11. The van der Waals surface area contributed by atoms with Crippen molar-refractivity contribution in [3.05, 3.63) is 94.1 Å². The molecule has 1 unspecified atom stereocenters. The van der Waals surface area contributed by atoms with Crippen molar-refractivity contribution in [2.24, 2.45) is 0 Å². The standard InChI is InChI=1S/C31H31NO6/c1-17(2)37-26-13-11-23(14-20(26)5)29(34)27-28(22-8-7-9-25(16-22)38-21(6)33)32(31(36)30(27)35)24-12-10-18(3)19(4)15-24/h7-17,28,34H,1-6H3/b29-27+. The molecular weight excluding hydrogens is 482 g/mol. The van der Waals surface area contributed by atoms with Crippen LogP contribution < -0.4 is 14.4 Å². The molecule has 0 spiro atoms. The van der Waals surface area contributed by atoms with Crippen LogP contribution in [0, 0.1) is 20.8 Å². The fourth-order valence-corrected chi connectivity index (χ4v) is 4.54. The zero-order valence-electron chi connectivity index (χ0n) is 22.4. The summed E-state index contributed by atoms with van der Waals surface area (Å²) in [6.45, 7) is 10.9. The SMILES string of the molecule is CC(=O)Oc1cccc(C2/C(=C(\O)c3ccc(OC(C)C)c(C)c3)C(=O)C(=O)N2c2ccc(C)c(C)c2)c1. The number of hydrogen-bond donors (Lipinski definition) is 1. The van der Waals surface area contributed by atoms with Crippen molar-refractivity contribution in [1.29, 1.82) is 0 Å². The van der Waals surface area contributed by atoms with Crippen LogP contribution in [0.3, 0.4) is 0 Å². The molecule has 0 radical (unpaired) electrons. The smallest absolute Gasteiger partial charge is 0.308 e. The second kappa shape index (κ2) is 10.5. The third-order valence-electron chi connectivity index (χ3n) is 6.46. The molecule has 0 aliphatic carbocycles. The number of aryl methyl sites for hydroxylation is 3. The van der Waals surface area contributed by atoms with E-state index in [-0.39, 0.29) is 23.2 Å². The van der Waals surface area contributed by atoms with Crippen LogP contribution in [0.5, 0.6) is 11.5 Å². The first kappa shape index (κ1) is 26.7. The molecule has 7 heteroatoms. The number of aliphatic hydroxyl groups is 1. The van der Waals surface area contributed by atoms with Gasteiger partial charge in [0.05, 0.1) is 17.7 Å². The van der Waals surface area contributed by atoms with E-state index >= 15 is 0 Å². The number of ether oxygens (including phenoxy) is 2. The lowest BCUT2D eigenvalue weighted by Crippen LogP contribution is -2.29. The predicted molar refractivity (Wildman–Crippen MR) is 145 cm³/mol. The molecule has 1 atom stereocenters. The van der Waals surface area contributed by atoms with Gasteiger partial charge in [0.25, 0.3) is 11.7 Å². The lowest BCUT2D eigenvalue weighted by Gasteiger charge is -2.26. The Morgan fingerprint density at radius 1 is 0.921 bits per heavy atom. The number of nitrogens with zero attached hydrogens (tertiary/aromatic N) is 1. The fourth-order valence-electron chi connectivity index (χ4n) is 4.54. The molecule has 196 valence electrons. The number of carbonyl (C=O) groups excluding carboxylic acids is 3. The van der Waals surface area contributed by atoms with Crippen molar-refractivity contribution in [2.75, 3.05) is 4.90 Å². The van der Waals surface area contributed by atoms with Gasteiger partial charge in [0.1, 0.15) is 17.3 Å². The molecular formula is C31H31NO6. The topological polar surface area (TPSA) is 93.1 Å². The lowest BCUT2D eigenvalue weighted by molar-refractivity contribution is -0.132. The largest absolute Gasteiger partial charge is 0.507 e. The number of ketones is 1. The van der Waals surface area contributed by atoms with Gasteiger partial charge in [-0.25, -0.2) is 0 Å². The monoisotopic (exact) mass is 513 g/mol. The second-order valence-electron chi connectivity index (χ2n) is 9.75. The lowest BCUT2D eigenvalue weighted by atomic mass is 9.94. The zero-order chi connectivity index (χ0) is 27.7. The number of rotatable bonds is 6. The number of hydrogen-bond acceptors (Lipinski definition) is 6. The average molecular weight is 514 g/mol. The highest BCUT2D eigenvalue weighted by Gasteiger charge is 2.47. The zero-order valence-corrected chi connectivity index (χ0v) is 22.4. The van der Waals surface area contributed by atoms with Gasteiger partial charge in [0, 0.05) is 18.2 Å². The van der Waals surface area contributed by atoms with E-state index in [2.05, 4.69) is 0 Å². The summed E-state index contributed by atoms with van der Waals surface area (Å²) in [5.41, 5.74) is 4.14. The Morgan fingerprint density at radius 3 is 2.29 bits per heavy atom. The van der Waals surface area contributed by atoms with Crippen LogP contribution >= 0.6 is 0 Å². The Labute approximate surface area is 222 Å². The number of aliphatic hydroxyl groups excluding tert-OH is 1. The Morgan fingerprint density at radius 2 is 1.66 bits per heavy atom. The highest BCUT2D eigenvalue weighted by molar-refractivity contribution is 6.51. The number of esters is 1. The first-order valence-electron chi connectivity index (χ1n) is 12.4. The van der Waals surface area contributed by atoms with Crippen molar-refractivity contribution >= 4 is 29.1 Å². The quantitative estimate of drug-likeness (QED) is 0.144. The molecule has 7 nitrogen and oxygen atoms in total.